The number of rotatable bonds is 3. The summed E-state index contributed by atoms with van der Waals surface area (Å²) in [6.45, 7) is 1.88. The van der Waals surface area contributed by atoms with Crippen molar-refractivity contribution < 1.29 is 19.0 Å². The van der Waals surface area contributed by atoms with E-state index in [4.69, 9.17) is 21.4 Å². The van der Waals surface area contributed by atoms with Crippen molar-refractivity contribution >= 4 is 23.3 Å². The van der Waals surface area contributed by atoms with Crippen molar-refractivity contribution in [3.8, 4) is 5.75 Å². The molecule has 1 aromatic rings. The summed E-state index contributed by atoms with van der Waals surface area (Å²) in [6.07, 6.45) is 2.38. The summed E-state index contributed by atoms with van der Waals surface area (Å²) in [4.78, 5) is 13.2. The van der Waals surface area contributed by atoms with Crippen molar-refractivity contribution in [1.29, 1.82) is 0 Å². The highest BCUT2D eigenvalue weighted by molar-refractivity contribution is 6.31. The zero-order chi connectivity index (χ0) is 13.6. The first-order valence-corrected chi connectivity index (χ1v) is 6.58. The van der Waals surface area contributed by atoms with Crippen LogP contribution in [0, 0.1) is 11.7 Å². The first-order valence-electron chi connectivity index (χ1n) is 6.21. The average Bonchev–Trinajstić information content (AvgIpc) is 3.15. The van der Waals surface area contributed by atoms with Crippen molar-refractivity contribution in [3.63, 3.8) is 0 Å². The number of nitrogens with zero attached hydrogens (tertiary/aromatic N) is 1. The highest BCUT2D eigenvalue weighted by Gasteiger charge is 2.32. The summed E-state index contributed by atoms with van der Waals surface area (Å²) in [7, 11) is 0. The number of anilines is 1. The van der Waals surface area contributed by atoms with Gasteiger partial charge in [-0.25, -0.2) is 9.18 Å². The minimum Gasteiger partial charge on any atom is -0.489 e. The Kier molecular flexibility index (Phi) is 3.01. The second-order valence-corrected chi connectivity index (χ2v) is 5.35. The fourth-order valence-electron chi connectivity index (χ4n) is 2.35. The summed E-state index contributed by atoms with van der Waals surface area (Å²) in [6, 6.07) is 1.46. The third-order valence-electron chi connectivity index (χ3n) is 3.49. The van der Waals surface area contributed by atoms with Crippen molar-refractivity contribution in [2.75, 3.05) is 24.6 Å². The first-order chi connectivity index (χ1) is 9.08. The number of ether oxygens (including phenoxy) is 1. The molecule has 1 aliphatic carbocycles. The van der Waals surface area contributed by atoms with Gasteiger partial charge < -0.3 is 14.7 Å². The van der Waals surface area contributed by atoms with Crippen LogP contribution in [0.2, 0.25) is 5.02 Å². The minimum absolute atomic E-state index is 0.0984. The Morgan fingerprint density at radius 1 is 1.58 bits per heavy atom. The molecule has 0 saturated heterocycles. The number of carboxylic acid groups (broad SMARTS) is 1. The summed E-state index contributed by atoms with van der Waals surface area (Å²) in [5, 5.41) is 8.95. The van der Waals surface area contributed by atoms with Gasteiger partial charge in [0.25, 0.3) is 0 Å². The van der Waals surface area contributed by atoms with Crippen molar-refractivity contribution in [2.24, 2.45) is 5.92 Å². The smallest absolute Gasteiger partial charge is 0.342 e. The molecule has 3 rings (SSSR count). The number of aromatic carboxylic acids is 1. The van der Waals surface area contributed by atoms with E-state index in [1.807, 2.05) is 4.90 Å². The van der Waals surface area contributed by atoms with E-state index >= 15 is 0 Å². The number of hydrogen-bond donors (Lipinski definition) is 1. The molecule has 0 amide bonds. The normalized spacial score (nSPS) is 17.9. The van der Waals surface area contributed by atoms with Gasteiger partial charge in [-0.1, -0.05) is 11.6 Å². The predicted octanol–water partition coefficient (Wildman–Crippen LogP) is 2.79. The molecule has 0 bridgehead atoms. The molecule has 1 N–H and O–H groups in total. The van der Waals surface area contributed by atoms with Crippen LogP contribution in [0.3, 0.4) is 0 Å². The summed E-state index contributed by atoms with van der Waals surface area (Å²) in [5.74, 6) is -1.55. The second-order valence-electron chi connectivity index (χ2n) is 4.94. The Morgan fingerprint density at radius 2 is 2.32 bits per heavy atom. The highest BCUT2D eigenvalue weighted by atomic mass is 35.5. The van der Waals surface area contributed by atoms with Crippen LogP contribution in [0.25, 0.3) is 0 Å². The lowest BCUT2D eigenvalue weighted by Gasteiger charge is -2.32. The van der Waals surface area contributed by atoms with E-state index in [0.717, 1.165) is 6.54 Å². The van der Waals surface area contributed by atoms with Gasteiger partial charge in [0.1, 0.15) is 12.2 Å². The Hall–Kier alpha value is -1.49. The van der Waals surface area contributed by atoms with Crippen molar-refractivity contribution in [3.05, 3.63) is 22.5 Å². The van der Waals surface area contributed by atoms with Crippen molar-refractivity contribution in [1.82, 2.24) is 0 Å². The maximum atomic E-state index is 13.8. The monoisotopic (exact) mass is 285 g/mol. The molecule has 19 heavy (non-hydrogen) atoms. The summed E-state index contributed by atoms with van der Waals surface area (Å²) in [5.41, 5.74) is 0.116. The van der Waals surface area contributed by atoms with E-state index in [-0.39, 0.29) is 10.8 Å². The molecule has 4 nitrogen and oxygen atoms in total. The van der Waals surface area contributed by atoms with Crippen LogP contribution in [0.5, 0.6) is 5.75 Å². The van der Waals surface area contributed by atoms with Crippen LogP contribution in [-0.2, 0) is 0 Å². The molecule has 0 radical (unpaired) electrons. The van der Waals surface area contributed by atoms with Gasteiger partial charge in [0.2, 0.25) is 0 Å². The lowest BCUT2D eigenvalue weighted by atomic mass is 10.1. The number of hydrogen-bond acceptors (Lipinski definition) is 3. The molecule has 2 aliphatic rings. The van der Waals surface area contributed by atoms with Gasteiger partial charge in [0.15, 0.2) is 11.6 Å². The zero-order valence-corrected chi connectivity index (χ0v) is 10.9. The number of fused-ring (bicyclic) bond motifs is 1. The number of carboxylic acids is 1. The fraction of sp³-hybridized carbons (Fsp3) is 0.462. The second kappa shape index (κ2) is 4.56. The fourth-order valence-corrected chi connectivity index (χ4v) is 2.55. The first kappa shape index (κ1) is 12.5. The topological polar surface area (TPSA) is 49.8 Å². The molecular formula is C13H13ClFNO3. The molecule has 102 valence electrons. The van der Waals surface area contributed by atoms with E-state index < -0.39 is 17.3 Å². The third-order valence-corrected chi connectivity index (χ3v) is 3.77. The molecule has 0 atom stereocenters. The van der Waals surface area contributed by atoms with Gasteiger partial charge in [-0.15, -0.1) is 0 Å². The summed E-state index contributed by atoms with van der Waals surface area (Å²) < 4.78 is 19.2. The van der Waals surface area contributed by atoms with E-state index in [1.54, 1.807) is 0 Å². The van der Waals surface area contributed by atoms with E-state index in [1.165, 1.54) is 18.9 Å². The molecular weight excluding hydrogens is 273 g/mol. The third kappa shape index (κ3) is 2.23. The lowest BCUT2D eigenvalue weighted by molar-refractivity contribution is 0.0686. The number of carbonyl (C=O) groups is 1. The van der Waals surface area contributed by atoms with E-state index in [2.05, 4.69) is 0 Å². The van der Waals surface area contributed by atoms with Gasteiger partial charge in [0.05, 0.1) is 17.3 Å². The molecule has 0 spiro atoms. The highest BCUT2D eigenvalue weighted by Crippen LogP contribution is 2.42. The van der Waals surface area contributed by atoms with Crippen molar-refractivity contribution in [2.45, 2.75) is 12.8 Å². The molecule has 1 aliphatic heterocycles. The van der Waals surface area contributed by atoms with Crippen LogP contribution >= 0.6 is 11.6 Å². The molecule has 1 aromatic carbocycles. The Bertz CT molecular complexity index is 545. The van der Waals surface area contributed by atoms with Gasteiger partial charge in [-0.3, -0.25) is 0 Å². The lowest BCUT2D eigenvalue weighted by Crippen LogP contribution is -2.35. The SMILES string of the molecule is O=C(O)c1c(F)c(Cl)cc2c1OCCN2CC1CC1. The molecule has 0 unspecified atom stereocenters. The Balaban J connectivity index is 2.08. The van der Waals surface area contributed by atoms with E-state index in [0.29, 0.717) is 24.8 Å². The predicted molar refractivity (Wildman–Crippen MR) is 68.8 cm³/mol. The zero-order valence-electron chi connectivity index (χ0n) is 10.2. The quantitative estimate of drug-likeness (QED) is 0.928. The van der Waals surface area contributed by atoms with Crippen LogP contribution in [0.1, 0.15) is 23.2 Å². The molecule has 1 heterocycles. The minimum atomic E-state index is -1.36. The van der Waals surface area contributed by atoms with Gasteiger partial charge in [0, 0.05) is 6.54 Å². The maximum Gasteiger partial charge on any atom is 0.342 e. The van der Waals surface area contributed by atoms with Crippen LogP contribution < -0.4 is 9.64 Å². The van der Waals surface area contributed by atoms with Gasteiger partial charge in [-0.2, -0.15) is 0 Å². The maximum absolute atomic E-state index is 13.8. The van der Waals surface area contributed by atoms with Gasteiger partial charge >= 0.3 is 5.97 Å². The Morgan fingerprint density at radius 3 is 2.95 bits per heavy atom. The summed E-state index contributed by atoms with van der Waals surface area (Å²) >= 11 is 5.79. The molecule has 0 aromatic heterocycles. The number of benzene rings is 1. The average molecular weight is 286 g/mol. The molecule has 6 heteroatoms. The van der Waals surface area contributed by atoms with E-state index in [9.17, 15) is 9.18 Å². The molecule has 1 saturated carbocycles. The van der Waals surface area contributed by atoms with Crippen LogP contribution in [-0.4, -0.2) is 30.8 Å². The Labute approximate surface area is 114 Å². The van der Waals surface area contributed by atoms with Crippen LogP contribution in [0.4, 0.5) is 10.1 Å². The molecule has 1 fully saturated rings. The standard InChI is InChI=1S/C13H13ClFNO3/c14-8-5-9-12(10(11(8)15)13(17)18)19-4-3-16(9)6-7-1-2-7/h5,7H,1-4,6H2,(H,17,18). The largest absolute Gasteiger partial charge is 0.489 e. The number of halogens is 2. The van der Waals surface area contributed by atoms with Crippen LogP contribution in [0.15, 0.2) is 6.07 Å². The van der Waals surface area contributed by atoms with Gasteiger partial charge in [-0.05, 0) is 24.8 Å².